The lowest BCUT2D eigenvalue weighted by Gasteiger charge is -2.12. The lowest BCUT2D eigenvalue weighted by atomic mass is 10.1. The SMILES string of the molecule is COc1ccc(Cl)cc1Cn1c(C(=O)O)cc2cc(C#N)ccc21. The molecular formula is C18H13ClN2O3. The highest BCUT2D eigenvalue weighted by Crippen LogP contribution is 2.27. The van der Waals surface area contributed by atoms with Crippen LogP contribution in [0.3, 0.4) is 0 Å². The van der Waals surface area contributed by atoms with Gasteiger partial charge < -0.3 is 14.4 Å². The minimum Gasteiger partial charge on any atom is -0.496 e. The number of fused-ring (bicyclic) bond motifs is 1. The number of nitriles is 1. The summed E-state index contributed by atoms with van der Waals surface area (Å²) in [5.41, 5.74) is 2.13. The van der Waals surface area contributed by atoms with Crippen molar-refractivity contribution in [2.24, 2.45) is 0 Å². The van der Waals surface area contributed by atoms with E-state index in [1.807, 2.05) is 0 Å². The van der Waals surface area contributed by atoms with Gasteiger partial charge in [0, 0.05) is 21.5 Å². The molecule has 1 aromatic heterocycles. The fourth-order valence-electron chi connectivity index (χ4n) is 2.73. The van der Waals surface area contributed by atoms with Crippen LogP contribution in [0.1, 0.15) is 21.6 Å². The maximum Gasteiger partial charge on any atom is 0.352 e. The first-order chi connectivity index (χ1) is 11.5. The molecule has 0 radical (unpaired) electrons. The van der Waals surface area contributed by atoms with Crippen LogP contribution < -0.4 is 4.74 Å². The summed E-state index contributed by atoms with van der Waals surface area (Å²) >= 11 is 6.06. The van der Waals surface area contributed by atoms with E-state index in [2.05, 4.69) is 6.07 Å². The highest BCUT2D eigenvalue weighted by Gasteiger charge is 2.17. The number of benzene rings is 2. The predicted molar refractivity (Wildman–Crippen MR) is 90.7 cm³/mol. The van der Waals surface area contributed by atoms with Crippen LogP contribution in [0.5, 0.6) is 5.75 Å². The van der Waals surface area contributed by atoms with Crippen LogP contribution in [0.4, 0.5) is 0 Å². The van der Waals surface area contributed by atoms with Gasteiger partial charge in [-0.25, -0.2) is 4.79 Å². The van der Waals surface area contributed by atoms with E-state index in [-0.39, 0.29) is 5.69 Å². The summed E-state index contributed by atoms with van der Waals surface area (Å²) in [5.74, 6) is -0.406. The fourth-order valence-corrected chi connectivity index (χ4v) is 2.92. The van der Waals surface area contributed by atoms with Crippen molar-refractivity contribution in [3.8, 4) is 11.8 Å². The third-order valence-electron chi connectivity index (χ3n) is 3.82. The highest BCUT2D eigenvalue weighted by molar-refractivity contribution is 6.30. The second-order valence-electron chi connectivity index (χ2n) is 5.26. The van der Waals surface area contributed by atoms with Crippen molar-refractivity contribution in [1.29, 1.82) is 5.26 Å². The smallest absolute Gasteiger partial charge is 0.352 e. The summed E-state index contributed by atoms with van der Waals surface area (Å²) in [6, 6.07) is 13.9. The Kier molecular flexibility index (Phi) is 4.15. The van der Waals surface area contributed by atoms with Crippen LogP contribution >= 0.6 is 11.6 Å². The molecule has 0 aliphatic rings. The molecule has 0 atom stereocenters. The van der Waals surface area contributed by atoms with Crippen LogP contribution in [-0.2, 0) is 6.54 Å². The zero-order valence-corrected chi connectivity index (χ0v) is 13.5. The molecule has 1 N–H and O–H groups in total. The van der Waals surface area contributed by atoms with Crippen LogP contribution in [0, 0.1) is 11.3 Å². The van der Waals surface area contributed by atoms with Crippen LogP contribution in [0.2, 0.25) is 5.02 Å². The number of methoxy groups -OCH3 is 1. The normalized spacial score (nSPS) is 10.5. The number of rotatable bonds is 4. The van der Waals surface area contributed by atoms with Gasteiger partial charge in [0.25, 0.3) is 0 Å². The van der Waals surface area contributed by atoms with Crippen LogP contribution in [0.15, 0.2) is 42.5 Å². The number of nitrogens with zero attached hydrogens (tertiary/aromatic N) is 2. The number of aromatic carboxylic acids is 1. The fraction of sp³-hybridized carbons (Fsp3) is 0.111. The Hall–Kier alpha value is -2.97. The van der Waals surface area contributed by atoms with E-state index < -0.39 is 5.97 Å². The highest BCUT2D eigenvalue weighted by atomic mass is 35.5. The van der Waals surface area contributed by atoms with E-state index in [1.165, 1.54) is 0 Å². The van der Waals surface area contributed by atoms with E-state index >= 15 is 0 Å². The third kappa shape index (κ3) is 2.80. The molecule has 2 aromatic carbocycles. The number of halogens is 1. The van der Waals surface area contributed by atoms with E-state index in [0.29, 0.717) is 28.3 Å². The van der Waals surface area contributed by atoms with Gasteiger partial charge in [-0.05, 0) is 42.5 Å². The first kappa shape index (κ1) is 15.9. The summed E-state index contributed by atoms with van der Waals surface area (Å²) in [7, 11) is 1.55. The van der Waals surface area contributed by atoms with Gasteiger partial charge in [-0.1, -0.05) is 11.6 Å². The monoisotopic (exact) mass is 340 g/mol. The van der Waals surface area contributed by atoms with E-state index in [1.54, 1.807) is 54.1 Å². The first-order valence-electron chi connectivity index (χ1n) is 7.12. The van der Waals surface area contributed by atoms with Gasteiger partial charge in [0.15, 0.2) is 0 Å². The van der Waals surface area contributed by atoms with Crippen molar-refractivity contribution in [2.45, 2.75) is 6.54 Å². The molecule has 0 spiro atoms. The molecule has 3 rings (SSSR count). The van der Waals surface area contributed by atoms with Crippen molar-refractivity contribution < 1.29 is 14.6 Å². The Morgan fingerprint density at radius 2 is 2.08 bits per heavy atom. The standard InChI is InChI=1S/C18H13ClN2O3/c1-24-17-5-3-14(19)7-13(17)10-21-15-4-2-11(9-20)6-12(15)8-16(21)18(22)23/h2-8H,10H2,1H3,(H,22,23). The van der Waals surface area contributed by atoms with E-state index in [9.17, 15) is 9.90 Å². The van der Waals surface area contributed by atoms with Crippen molar-refractivity contribution in [2.75, 3.05) is 7.11 Å². The van der Waals surface area contributed by atoms with Crippen molar-refractivity contribution in [1.82, 2.24) is 4.57 Å². The van der Waals surface area contributed by atoms with Gasteiger partial charge in [-0.15, -0.1) is 0 Å². The van der Waals surface area contributed by atoms with Crippen molar-refractivity contribution >= 4 is 28.5 Å². The number of aromatic nitrogens is 1. The molecule has 0 aliphatic heterocycles. The third-order valence-corrected chi connectivity index (χ3v) is 4.06. The topological polar surface area (TPSA) is 75.2 Å². The maximum atomic E-state index is 11.6. The summed E-state index contributed by atoms with van der Waals surface area (Å²) < 4.78 is 7.01. The Morgan fingerprint density at radius 3 is 2.75 bits per heavy atom. The number of carbonyl (C=O) groups is 1. The number of carboxylic acids is 1. The zero-order chi connectivity index (χ0) is 17.3. The molecule has 0 unspecified atom stereocenters. The number of ether oxygens (including phenoxy) is 1. The molecule has 0 saturated carbocycles. The van der Waals surface area contributed by atoms with E-state index in [4.69, 9.17) is 21.6 Å². The van der Waals surface area contributed by atoms with Gasteiger partial charge in [-0.2, -0.15) is 5.26 Å². The predicted octanol–water partition coefficient (Wildman–Crippen LogP) is 3.92. The summed E-state index contributed by atoms with van der Waals surface area (Å²) in [6.07, 6.45) is 0. The minimum atomic E-state index is -1.04. The molecule has 0 fully saturated rings. The van der Waals surface area contributed by atoms with Gasteiger partial charge in [0.2, 0.25) is 0 Å². The Morgan fingerprint density at radius 1 is 1.29 bits per heavy atom. The number of carboxylic acid groups (broad SMARTS) is 1. The van der Waals surface area contributed by atoms with Crippen LogP contribution in [-0.4, -0.2) is 22.8 Å². The molecule has 0 bridgehead atoms. The molecule has 0 aliphatic carbocycles. The van der Waals surface area contributed by atoms with Crippen molar-refractivity contribution in [3.05, 3.63) is 64.3 Å². The van der Waals surface area contributed by atoms with Gasteiger partial charge >= 0.3 is 5.97 Å². The minimum absolute atomic E-state index is 0.141. The molecule has 120 valence electrons. The molecule has 3 aromatic rings. The lowest BCUT2D eigenvalue weighted by molar-refractivity contribution is 0.0686. The van der Waals surface area contributed by atoms with Gasteiger partial charge in [-0.3, -0.25) is 0 Å². The van der Waals surface area contributed by atoms with E-state index in [0.717, 1.165) is 11.1 Å². The largest absolute Gasteiger partial charge is 0.496 e. The Bertz CT molecular complexity index is 986. The maximum absolute atomic E-state index is 11.6. The zero-order valence-electron chi connectivity index (χ0n) is 12.8. The summed E-state index contributed by atoms with van der Waals surface area (Å²) in [6.45, 7) is 0.292. The lowest BCUT2D eigenvalue weighted by Crippen LogP contribution is -2.10. The number of hydrogen-bond donors (Lipinski definition) is 1. The molecule has 5 nitrogen and oxygen atoms in total. The Labute approximate surface area is 143 Å². The molecule has 6 heteroatoms. The number of hydrogen-bond acceptors (Lipinski definition) is 3. The molecule has 0 saturated heterocycles. The molecule has 0 amide bonds. The quantitative estimate of drug-likeness (QED) is 0.781. The summed E-state index contributed by atoms with van der Waals surface area (Å²) in [4.78, 5) is 11.6. The average molecular weight is 341 g/mol. The second kappa shape index (κ2) is 6.26. The molecule has 24 heavy (non-hydrogen) atoms. The van der Waals surface area contributed by atoms with Crippen LogP contribution in [0.25, 0.3) is 10.9 Å². The molecular weight excluding hydrogens is 328 g/mol. The first-order valence-corrected chi connectivity index (χ1v) is 7.50. The second-order valence-corrected chi connectivity index (χ2v) is 5.70. The molecule has 1 heterocycles. The Balaban J connectivity index is 2.18. The van der Waals surface area contributed by atoms with Gasteiger partial charge in [0.1, 0.15) is 11.4 Å². The van der Waals surface area contributed by atoms with Gasteiger partial charge in [0.05, 0.1) is 25.3 Å². The average Bonchev–Trinajstić information content (AvgIpc) is 2.93. The summed E-state index contributed by atoms with van der Waals surface area (Å²) in [5, 5.41) is 19.8. The van der Waals surface area contributed by atoms with Crippen molar-refractivity contribution in [3.63, 3.8) is 0 Å².